The molecule has 3 aromatic carbocycles. The lowest BCUT2D eigenvalue weighted by Crippen LogP contribution is -2.32. The Labute approximate surface area is 192 Å². The number of hydrazone groups is 1. The molecule has 2 amide bonds. The Kier molecular flexibility index (Phi) is 7.39. The quantitative estimate of drug-likeness (QED) is 0.143. The number of nitriles is 1. The molecule has 0 fully saturated rings. The fraction of sp³-hybridized carbons (Fsp3) is 0. The number of hydrogen-bond acceptors (Lipinski definition) is 8. The maximum atomic E-state index is 12.3. The predicted octanol–water partition coefficient (Wildman–Crippen LogP) is 2.77. The summed E-state index contributed by atoms with van der Waals surface area (Å²) >= 11 is 0. The number of carbonyl (C=O) groups excluding carboxylic acids is 3. The minimum Gasteiger partial charge on any atom is -0.423 e. The van der Waals surface area contributed by atoms with Crippen molar-refractivity contribution in [2.45, 2.75) is 0 Å². The van der Waals surface area contributed by atoms with Crippen molar-refractivity contribution in [3.63, 3.8) is 0 Å². The third-order valence-corrected chi connectivity index (χ3v) is 4.25. The van der Waals surface area contributed by atoms with Gasteiger partial charge >= 0.3 is 17.8 Å². The van der Waals surface area contributed by atoms with Crippen LogP contribution in [0.25, 0.3) is 0 Å². The van der Waals surface area contributed by atoms with Crippen LogP contribution < -0.4 is 15.5 Å². The smallest absolute Gasteiger partial charge is 0.350 e. The van der Waals surface area contributed by atoms with E-state index in [-0.39, 0.29) is 17.0 Å². The number of ether oxygens (including phenoxy) is 1. The highest BCUT2D eigenvalue weighted by Crippen LogP contribution is 2.21. The van der Waals surface area contributed by atoms with E-state index >= 15 is 0 Å². The molecule has 34 heavy (non-hydrogen) atoms. The van der Waals surface area contributed by atoms with Crippen molar-refractivity contribution < 1.29 is 24.0 Å². The Balaban J connectivity index is 1.59. The number of benzene rings is 3. The molecule has 0 bridgehead atoms. The van der Waals surface area contributed by atoms with Crippen LogP contribution in [0.4, 0.5) is 11.4 Å². The second-order valence-electron chi connectivity index (χ2n) is 6.58. The fourth-order valence-corrected chi connectivity index (χ4v) is 2.66. The SMILES string of the molecule is N#Cc1ccc(NC(=O)C(=O)N/N=C/c2cccc(OC(=O)c3ccccc3[N+](=O)[O-])c2)cc1. The number of rotatable bonds is 6. The second-order valence-corrected chi connectivity index (χ2v) is 6.58. The number of nitrogens with one attached hydrogen (secondary N) is 2. The Hall–Kier alpha value is -5.37. The highest BCUT2D eigenvalue weighted by Gasteiger charge is 2.21. The first-order valence-electron chi connectivity index (χ1n) is 9.57. The summed E-state index contributed by atoms with van der Waals surface area (Å²) in [5.41, 5.74) is 2.63. The van der Waals surface area contributed by atoms with Crippen molar-refractivity contribution >= 4 is 35.4 Å². The zero-order valence-electron chi connectivity index (χ0n) is 17.3. The second kappa shape index (κ2) is 10.8. The zero-order chi connectivity index (χ0) is 24.5. The molecule has 0 unspecified atom stereocenters. The molecule has 2 N–H and O–H groups in total. The highest BCUT2D eigenvalue weighted by molar-refractivity contribution is 6.39. The van der Waals surface area contributed by atoms with Gasteiger partial charge in [0, 0.05) is 11.8 Å². The van der Waals surface area contributed by atoms with Crippen molar-refractivity contribution in [1.82, 2.24) is 5.43 Å². The van der Waals surface area contributed by atoms with Gasteiger partial charge in [0.2, 0.25) is 0 Å². The van der Waals surface area contributed by atoms with Gasteiger partial charge in [0.25, 0.3) is 5.69 Å². The molecule has 3 aromatic rings. The molecule has 168 valence electrons. The first-order chi connectivity index (χ1) is 16.4. The first-order valence-corrected chi connectivity index (χ1v) is 9.57. The number of carbonyl (C=O) groups is 3. The molecule has 0 aromatic heterocycles. The van der Waals surface area contributed by atoms with Crippen molar-refractivity contribution in [1.29, 1.82) is 5.26 Å². The molecule has 11 nitrogen and oxygen atoms in total. The van der Waals surface area contributed by atoms with E-state index < -0.39 is 22.7 Å². The molecule has 0 saturated carbocycles. The van der Waals surface area contributed by atoms with Crippen LogP contribution >= 0.6 is 0 Å². The predicted molar refractivity (Wildman–Crippen MR) is 120 cm³/mol. The fourth-order valence-electron chi connectivity index (χ4n) is 2.66. The molecule has 0 aliphatic heterocycles. The van der Waals surface area contributed by atoms with E-state index in [1.165, 1.54) is 66.9 Å². The van der Waals surface area contributed by atoms with E-state index in [1.54, 1.807) is 12.1 Å². The van der Waals surface area contributed by atoms with Crippen LogP contribution in [0.1, 0.15) is 21.5 Å². The van der Waals surface area contributed by atoms with Crippen LogP contribution in [0, 0.1) is 21.4 Å². The molecule has 0 heterocycles. The summed E-state index contributed by atoms with van der Waals surface area (Å²) in [6, 6.07) is 19.3. The van der Waals surface area contributed by atoms with Gasteiger partial charge in [-0.2, -0.15) is 10.4 Å². The highest BCUT2D eigenvalue weighted by atomic mass is 16.6. The van der Waals surface area contributed by atoms with Crippen LogP contribution in [-0.2, 0) is 9.59 Å². The molecule has 0 saturated heterocycles. The van der Waals surface area contributed by atoms with Gasteiger partial charge in [0.15, 0.2) is 0 Å². The number of esters is 1. The van der Waals surface area contributed by atoms with Gasteiger partial charge in [-0.1, -0.05) is 24.3 Å². The number of nitro benzene ring substituents is 1. The van der Waals surface area contributed by atoms with E-state index in [9.17, 15) is 24.5 Å². The van der Waals surface area contributed by atoms with E-state index in [2.05, 4.69) is 15.8 Å². The minimum absolute atomic E-state index is 0.0944. The lowest BCUT2D eigenvalue weighted by atomic mass is 10.2. The van der Waals surface area contributed by atoms with Gasteiger partial charge in [-0.25, -0.2) is 10.2 Å². The van der Waals surface area contributed by atoms with Crippen LogP contribution in [0.15, 0.2) is 77.9 Å². The van der Waals surface area contributed by atoms with Gasteiger partial charge in [-0.3, -0.25) is 19.7 Å². The van der Waals surface area contributed by atoms with Crippen LogP contribution in [0.3, 0.4) is 0 Å². The van der Waals surface area contributed by atoms with Gasteiger partial charge < -0.3 is 10.1 Å². The van der Waals surface area contributed by atoms with Crippen LogP contribution in [0.5, 0.6) is 5.75 Å². The Morgan fingerprint density at radius 3 is 2.44 bits per heavy atom. The Bertz CT molecular complexity index is 1330. The lowest BCUT2D eigenvalue weighted by molar-refractivity contribution is -0.385. The first kappa shape index (κ1) is 23.3. The molecular formula is C23H15N5O6. The van der Waals surface area contributed by atoms with Crippen molar-refractivity contribution in [2.75, 3.05) is 5.32 Å². The molecule has 0 aliphatic carbocycles. The van der Waals surface area contributed by atoms with Crippen LogP contribution in [0.2, 0.25) is 0 Å². The standard InChI is InChI=1S/C23H15N5O6/c24-13-15-8-10-17(11-9-15)26-21(29)22(30)27-25-14-16-4-3-5-18(12-16)34-23(31)19-6-1-2-7-20(19)28(32)33/h1-12,14H,(H,26,29)(H,27,30)/b25-14+. The maximum Gasteiger partial charge on any atom is 0.350 e. The summed E-state index contributed by atoms with van der Waals surface area (Å²) in [4.78, 5) is 46.6. The molecule has 0 aliphatic rings. The summed E-state index contributed by atoms with van der Waals surface area (Å²) in [5, 5.41) is 25.9. The number of amides is 2. The van der Waals surface area contributed by atoms with E-state index in [4.69, 9.17) is 10.00 Å². The summed E-state index contributed by atoms with van der Waals surface area (Å²) in [5.74, 6) is -2.81. The Morgan fingerprint density at radius 2 is 1.74 bits per heavy atom. The summed E-state index contributed by atoms with van der Waals surface area (Å²) in [6.07, 6.45) is 1.22. The van der Waals surface area contributed by atoms with E-state index in [1.807, 2.05) is 6.07 Å². The monoisotopic (exact) mass is 457 g/mol. The van der Waals surface area contributed by atoms with Gasteiger partial charge in [0.05, 0.1) is 22.8 Å². The average molecular weight is 457 g/mol. The van der Waals surface area contributed by atoms with Crippen LogP contribution in [-0.4, -0.2) is 28.9 Å². The van der Waals surface area contributed by atoms with Gasteiger partial charge in [-0.05, 0) is 48.0 Å². The summed E-state index contributed by atoms with van der Waals surface area (Å²) < 4.78 is 5.20. The number of anilines is 1. The maximum absolute atomic E-state index is 12.3. The molecular weight excluding hydrogens is 442 g/mol. The topological polar surface area (TPSA) is 164 Å². The number of nitro groups is 1. The lowest BCUT2D eigenvalue weighted by Gasteiger charge is -2.06. The zero-order valence-corrected chi connectivity index (χ0v) is 17.3. The van der Waals surface area contributed by atoms with E-state index in [0.29, 0.717) is 16.8 Å². The number of para-hydroxylation sites is 1. The largest absolute Gasteiger partial charge is 0.423 e. The summed E-state index contributed by atoms with van der Waals surface area (Å²) in [6.45, 7) is 0. The molecule has 0 atom stereocenters. The molecule has 3 rings (SSSR count). The van der Waals surface area contributed by atoms with E-state index in [0.717, 1.165) is 0 Å². The number of nitrogens with zero attached hydrogens (tertiary/aromatic N) is 3. The van der Waals surface area contributed by atoms with Gasteiger partial charge in [-0.15, -0.1) is 0 Å². The Morgan fingerprint density at radius 1 is 1.00 bits per heavy atom. The van der Waals surface area contributed by atoms with Crippen molar-refractivity contribution in [2.24, 2.45) is 5.10 Å². The van der Waals surface area contributed by atoms with Crippen molar-refractivity contribution in [3.8, 4) is 11.8 Å². The van der Waals surface area contributed by atoms with Crippen molar-refractivity contribution in [3.05, 3.63) is 99.6 Å². The minimum atomic E-state index is -1.03. The molecule has 0 spiro atoms. The third kappa shape index (κ3) is 6.08. The van der Waals surface area contributed by atoms with Gasteiger partial charge in [0.1, 0.15) is 11.3 Å². The number of hydrogen-bond donors (Lipinski definition) is 2. The normalized spacial score (nSPS) is 10.2. The summed E-state index contributed by atoms with van der Waals surface area (Å²) in [7, 11) is 0. The third-order valence-electron chi connectivity index (χ3n) is 4.25. The molecule has 0 radical (unpaired) electrons. The average Bonchev–Trinajstić information content (AvgIpc) is 2.84. The molecule has 11 heteroatoms.